The first kappa shape index (κ1) is 19.8. The van der Waals surface area contributed by atoms with Gasteiger partial charge in [0.1, 0.15) is 0 Å². The van der Waals surface area contributed by atoms with Gasteiger partial charge in [-0.1, -0.05) is 78.2 Å². The lowest BCUT2D eigenvalue weighted by atomic mass is 9.47. The van der Waals surface area contributed by atoms with E-state index in [0.29, 0.717) is 10.8 Å². The molecule has 0 N–H and O–H groups in total. The van der Waals surface area contributed by atoms with Crippen molar-refractivity contribution in [2.75, 3.05) is 0 Å². The average Bonchev–Trinajstić information content (AvgIpc) is 2.98. The molecule has 152 valence electrons. The molecule has 0 aromatic heterocycles. The van der Waals surface area contributed by atoms with Crippen molar-refractivity contribution in [2.45, 2.75) is 92.4 Å². The van der Waals surface area contributed by atoms with Crippen LogP contribution in [-0.2, 0) is 0 Å². The fraction of sp³-hybridized carbons (Fsp3) is 0.852. The number of allylic oxidation sites excluding steroid dienone is 4. The van der Waals surface area contributed by atoms with Gasteiger partial charge in [0.15, 0.2) is 0 Å². The monoisotopic (exact) mass is 368 g/mol. The minimum Gasteiger partial charge on any atom is -0.0879 e. The second-order valence-electron chi connectivity index (χ2n) is 11.7. The van der Waals surface area contributed by atoms with Crippen LogP contribution < -0.4 is 0 Å². The Morgan fingerprint density at radius 2 is 1.67 bits per heavy atom. The highest BCUT2D eigenvalue weighted by Crippen LogP contribution is 2.66. The Labute approximate surface area is 169 Å². The molecule has 0 amide bonds. The standard InChI is InChI=1S/C27H44/c1-19(2)9-8-10-20(3)23-14-15-24-22-13-12-21-11-6-7-17-26(21,4)25(22)16-18-27(23,24)5/h6-7,12-13,19-25H,8-11,14-18H2,1-5H3. The first-order valence-electron chi connectivity index (χ1n) is 12.2. The Morgan fingerprint density at radius 1 is 0.889 bits per heavy atom. The summed E-state index contributed by atoms with van der Waals surface area (Å²) < 4.78 is 0. The molecule has 0 bridgehead atoms. The molecule has 0 spiro atoms. The zero-order valence-corrected chi connectivity index (χ0v) is 18.7. The van der Waals surface area contributed by atoms with Crippen LogP contribution in [-0.4, -0.2) is 0 Å². The van der Waals surface area contributed by atoms with Crippen molar-refractivity contribution in [1.29, 1.82) is 0 Å². The predicted molar refractivity (Wildman–Crippen MR) is 117 cm³/mol. The summed E-state index contributed by atoms with van der Waals surface area (Å²) in [4.78, 5) is 0. The number of hydrogen-bond acceptors (Lipinski definition) is 0. The number of hydrogen-bond donors (Lipinski definition) is 0. The highest BCUT2D eigenvalue weighted by atomic mass is 14.6. The highest BCUT2D eigenvalue weighted by molar-refractivity contribution is 5.20. The van der Waals surface area contributed by atoms with E-state index in [1.165, 1.54) is 57.8 Å². The van der Waals surface area contributed by atoms with Gasteiger partial charge in [0.05, 0.1) is 0 Å². The maximum absolute atomic E-state index is 2.71. The maximum atomic E-state index is 2.71. The zero-order chi connectivity index (χ0) is 19.2. The van der Waals surface area contributed by atoms with Crippen molar-refractivity contribution in [2.24, 2.45) is 52.3 Å². The van der Waals surface area contributed by atoms with Crippen LogP contribution in [0.3, 0.4) is 0 Å². The van der Waals surface area contributed by atoms with Crippen molar-refractivity contribution < 1.29 is 0 Å². The lowest BCUT2D eigenvalue weighted by molar-refractivity contribution is -0.0520. The third-order valence-electron chi connectivity index (χ3n) is 9.91. The van der Waals surface area contributed by atoms with Crippen molar-refractivity contribution in [3.05, 3.63) is 24.3 Å². The molecule has 8 unspecified atom stereocenters. The van der Waals surface area contributed by atoms with Crippen molar-refractivity contribution in [3.8, 4) is 0 Å². The summed E-state index contributed by atoms with van der Waals surface area (Å²) >= 11 is 0. The van der Waals surface area contributed by atoms with E-state index in [1.54, 1.807) is 0 Å². The first-order valence-corrected chi connectivity index (χ1v) is 12.2. The smallest absolute Gasteiger partial charge is 0.0139 e. The van der Waals surface area contributed by atoms with Crippen LogP contribution in [0.2, 0.25) is 0 Å². The summed E-state index contributed by atoms with van der Waals surface area (Å²) in [6, 6.07) is 0. The lowest BCUT2D eigenvalue weighted by Gasteiger charge is -2.58. The molecular formula is C27H44. The molecule has 4 rings (SSSR count). The molecule has 0 aromatic rings. The van der Waals surface area contributed by atoms with Gasteiger partial charge in [0.2, 0.25) is 0 Å². The van der Waals surface area contributed by atoms with Crippen molar-refractivity contribution in [1.82, 2.24) is 0 Å². The first-order chi connectivity index (χ1) is 12.9. The minimum atomic E-state index is 0.538. The fourth-order valence-electron chi connectivity index (χ4n) is 8.25. The van der Waals surface area contributed by atoms with Gasteiger partial charge in [-0.2, -0.15) is 0 Å². The van der Waals surface area contributed by atoms with Gasteiger partial charge in [0, 0.05) is 0 Å². The Bertz CT molecular complexity index is 583. The molecule has 0 aromatic carbocycles. The van der Waals surface area contributed by atoms with E-state index >= 15 is 0 Å². The molecule has 0 nitrogen and oxygen atoms in total. The van der Waals surface area contributed by atoms with Crippen molar-refractivity contribution >= 4 is 0 Å². The van der Waals surface area contributed by atoms with Gasteiger partial charge in [0.25, 0.3) is 0 Å². The minimum absolute atomic E-state index is 0.538. The third kappa shape index (κ3) is 3.28. The van der Waals surface area contributed by atoms with E-state index in [9.17, 15) is 0 Å². The quantitative estimate of drug-likeness (QED) is 0.430. The second kappa shape index (κ2) is 7.38. The van der Waals surface area contributed by atoms with E-state index in [-0.39, 0.29) is 0 Å². The van der Waals surface area contributed by atoms with E-state index in [4.69, 9.17) is 0 Å². The molecule has 2 fully saturated rings. The molecule has 4 aliphatic carbocycles. The molecule has 0 saturated heterocycles. The Hall–Kier alpha value is -0.520. The molecule has 8 atom stereocenters. The largest absolute Gasteiger partial charge is 0.0879 e. The van der Waals surface area contributed by atoms with Crippen LogP contribution in [0.15, 0.2) is 24.3 Å². The van der Waals surface area contributed by atoms with Crippen LogP contribution in [0, 0.1) is 52.3 Å². The summed E-state index contributed by atoms with van der Waals surface area (Å²) in [7, 11) is 0. The van der Waals surface area contributed by atoms with Gasteiger partial charge >= 0.3 is 0 Å². The highest BCUT2D eigenvalue weighted by Gasteiger charge is 2.58. The SMILES string of the molecule is CC(C)CCCC(C)C1CCC2C3C=CC4CC=CCC4(C)C3CCC12C. The maximum Gasteiger partial charge on any atom is -0.0139 e. The van der Waals surface area contributed by atoms with Crippen molar-refractivity contribution in [3.63, 3.8) is 0 Å². The molecule has 2 saturated carbocycles. The van der Waals surface area contributed by atoms with E-state index in [1.807, 2.05) is 0 Å². The molecule has 4 aliphatic rings. The Morgan fingerprint density at radius 3 is 2.44 bits per heavy atom. The molecule has 27 heavy (non-hydrogen) atoms. The van der Waals surface area contributed by atoms with E-state index in [2.05, 4.69) is 58.9 Å². The number of fused-ring (bicyclic) bond motifs is 5. The zero-order valence-electron chi connectivity index (χ0n) is 18.7. The summed E-state index contributed by atoms with van der Waals surface area (Å²) in [6.45, 7) is 12.7. The molecular weight excluding hydrogens is 324 g/mol. The van der Waals surface area contributed by atoms with Crippen LogP contribution in [0.25, 0.3) is 0 Å². The lowest BCUT2D eigenvalue weighted by Crippen LogP contribution is -2.50. The average molecular weight is 369 g/mol. The summed E-state index contributed by atoms with van der Waals surface area (Å²) in [5.41, 5.74) is 1.15. The third-order valence-corrected chi connectivity index (χ3v) is 9.91. The molecule has 0 aliphatic heterocycles. The predicted octanol–water partition coefficient (Wildman–Crippen LogP) is 8.05. The van der Waals surface area contributed by atoms with Crippen LogP contribution in [0.5, 0.6) is 0 Å². The summed E-state index contributed by atoms with van der Waals surface area (Å²) in [6.07, 6.45) is 23.2. The van der Waals surface area contributed by atoms with Gasteiger partial charge in [-0.05, 0) is 90.8 Å². The van der Waals surface area contributed by atoms with Crippen LogP contribution >= 0.6 is 0 Å². The Kier molecular flexibility index (Phi) is 5.41. The topological polar surface area (TPSA) is 0 Å². The summed E-state index contributed by atoms with van der Waals surface area (Å²) in [5.74, 6) is 6.32. The van der Waals surface area contributed by atoms with Gasteiger partial charge in [-0.15, -0.1) is 0 Å². The molecule has 0 heteroatoms. The fourth-order valence-corrected chi connectivity index (χ4v) is 8.25. The normalized spacial score (nSPS) is 46.8. The van der Waals surface area contributed by atoms with Gasteiger partial charge < -0.3 is 0 Å². The van der Waals surface area contributed by atoms with Crippen LogP contribution in [0.4, 0.5) is 0 Å². The summed E-state index contributed by atoms with van der Waals surface area (Å²) in [5, 5.41) is 0. The van der Waals surface area contributed by atoms with Gasteiger partial charge in [-0.25, -0.2) is 0 Å². The van der Waals surface area contributed by atoms with Crippen LogP contribution in [0.1, 0.15) is 92.4 Å². The van der Waals surface area contributed by atoms with E-state index in [0.717, 1.165) is 41.4 Å². The second-order valence-corrected chi connectivity index (χ2v) is 11.7. The molecule has 0 radical (unpaired) electrons. The number of rotatable bonds is 5. The Balaban J connectivity index is 1.50. The van der Waals surface area contributed by atoms with Gasteiger partial charge in [-0.3, -0.25) is 0 Å². The van der Waals surface area contributed by atoms with E-state index < -0.39 is 0 Å². The molecule has 0 heterocycles.